The highest BCUT2D eigenvalue weighted by Crippen LogP contribution is 2.41. The van der Waals surface area contributed by atoms with Gasteiger partial charge in [0.15, 0.2) is 0 Å². The predicted octanol–water partition coefficient (Wildman–Crippen LogP) is 2.31. The average molecular weight is 349 g/mol. The normalized spacial score (nSPS) is 22.3. The van der Waals surface area contributed by atoms with E-state index >= 15 is 0 Å². The van der Waals surface area contributed by atoms with E-state index in [0.717, 1.165) is 62.4 Å². The van der Waals surface area contributed by atoms with Crippen molar-refractivity contribution in [3.05, 3.63) is 23.0 Å². The first-order valence-electron chi connectivity index (χ1n) is 9.37. The Morgan fingerprint density at radius 3 is 2.80 bits per heavy atom. The molecule has 0 amide bonds. The van der Waals surface area contributed by atoms with E-state index in [0.29, 0.717) is 24.9 Å². The Morgan fingerprint density at radius 1 is 1.36 bits per heavy atom. The Hall–Kier alpha value is -1.21. The van der Waals surface area contributed by atoms with Gasteiger partial charge in [-0.05, 0) is 33.4 Å². The maximum atomic E-state index is 10.8. The third kappa shape index (κ3) is 4.31. The van der Waals surface area contributed by atoms with Gasteiger partial charge >= 0.3 is 0 Å². The van der Waals surface area contributed by atoms with Crippen molar-refractivity contribution >= 4 is 0 Å². The number of aromatic hydroxyl groups is 1. The number of pyridine rings is 1. The molecule has 2 aliphatic heterocycles. The lowest BCUT2D eigenvalue weighted by molar-refractivity contribution is 0.0331. The van der Waals surface area contributed by atoms with Gasteiger partial charge in [0.2, 0.25) is 0 Å². The van der Waals surface area contributed by atoms with Gasteiger partial charge in [0, 0.05) is 43.0 Å². The SMILES string of the molecule is CCC(CCC1OCc2cnc(CN3CCOCC3)c(O)c21)N(C)C. The molecular formula is C19H31N3O3. The average Bonchev–Trinajstić information content (AvgIpc) is 3.02. The summed E-state index contributed by atoms with van der Waals surface area (Å²) in [7, 11) is 4.25. The Balaban J connectivity index is 1.70. The van der Waals surface area contributed by atoms with Gasteiger partial charge in [-0.25, -0.2) is 0 Å². The molecule has 6 heteroatoms. The van der Waals surface area contributed by atoms with Crippen molar-refractivity contribution in [2.24, 2.45) is 0 Å². The van der Waals surface area contributed by atoms with Crippen LogP contribution in [0.5, 0.6) is 5.75 Å². The fourth-order valence-corrected chi connectivity index (χ4v) is 3.83. The molecule has 3 heterocycles. The van der Waals surface area contributed by atoms with Crippen LogP contribution in [0.4, 0.5) is 0 Å². The first-order chi connectivity index (χ1) is 12.1. The zero-order chi connectivity index (χ0) is 17.8. The highest BCUT2D eigenvalue weighted by Gasteiger charge is 2.30. The molecule has 0 spiro atoms. The molecule has 0 radical (unpaired) electrons. The van der Waals surface area contributed by atoms with E-state index in [9.17, 15) is 5.11 Å². The van der Waals surface area contributed by atoms with E-state index in [4.69, 9.17) is 9.47 Å². The van der Waals surface area contributed by atoms with Crippen molar-refractivity contribution in [1.82, 2.24) is 14.8 Å². The number of hydrogen-bond donors (Lipinski definition) is 1. The minimum absolute atomic E-state index is 0.0181. The first kappa shape index (κ1) is 18.6. The number of rotatable bonds is 7. The van der Waals surface area contributed by atoms with Gasteiger partial charge in [-0.3, -0.25) is 9.88 Å². The number of ether oxygens (including phenoxy) is 2. The molecule has 0 aliphatic carbocycles. The molecule has 0 saturated carbocycles. The van der Waals surface area contributed by atoms with Gasteiger partial charge in [0.1, 0.15) is 5.75 Å². The fourth-order valence-electron chi connectivity index (χ4n) is 3.83. The molecule has 1 fully saturated rings. The second-order valence-corrected chi connectivity index (χ2v) is 7.28. The summed E-state index contributed by atoms with van der Waals surface area (Å²) in [5.41, 5.74) is 2.76. The lowest BCUT2D eigenvalue weighted by Crippen LogP contribution is -2.35. The van der Waals surface area contributed by atoms with Crippen molar-refractivity contribution in [1.29, 1.82) is 0 Å². The Labute approximate surface area is 150 Å². The highest BCUT2D eigenvalue weighted by atomic mass is 16.5. The summed E-state index contributed by atoms with van der Waals surface area (Å²) < 4.78 is 11.4. The standard InChI is InChI=1S/C19H31N3O3/c1-4-15(21(2)3)5-6-17-18-14(13-25-17)11-20-16(19(18)23)12-22-7-9-24-10-8-22/h11,15,17,23H,4-10,12-13H2,1-3H3. The zero-order valence-electron chi connectivity index (χ0n) is 15.7. The molecule has 6 nitrogen and oxygen atoms in total. The summed E-state index contributed by atoms with van der Waals surface area (Å²) in [6, 6.07) is 0.546. The number of nitrogens with zero attached hydrogens (tertiary/aromatic N) is 3. The first-order valence-corrected chi connectivity index (χ1v) is 9.37. The maximum absolute atomic E-state index is 10.8. The van der Waals surface area contributed by atoms with Gasteiger partial charge in [-0.1, -0.05) is 6.92 Å². The molecule has 1 aromatic rings. The molecule has 1 saturated heterocycles. The van der Waals surface area contributed by atoms with E-state index in [2.05, 4.69) is 35.8 Å². The summed E-state index contributed by atoms with van der Waals surface area (Å²) in [4.78, 5) is 9.05. The van der Waals surface area contributed by atoms with E-state index in [1.807, 2.05) is 6.20 Å². The molecule has 2 atom stereocenters. The predicted molar refractivity (Wildman–Crippen MR) is 96.5 cm³/mol. The molecule has 25 heavy (non-hydrogen) atoms. The molecule has 2 unspecified atom stereocenters. The van der Waals surface area contributed by atoms with Crippen LogP contribution in [0.1, 0.15) is 49.1 Å². The summed E-state index contributed by atoms with van der Waals surface area (Å²) in [5, 5.41) is 10.8. The van der Waals surface area contributed by atoms with Crippen molar-refractivity contribution < 1.29 is 14.6 Å². The Bertz CT molecular complexity index is 573. The van der Waals surface area contributed by atoms with Crippen molar-refractivity contribution in [3.63, 3.8) is 0 Å². The van der Waals surface area contributed by atoms with Gasteiger partial charge in [-0.2, -0.15) is 0 Å². The van der Waals surface area contributed by atoms with Crippen LogP contribution in [0.3, 0.4) is 0 Å². The van der Waals surface area contributed by atoms with Gasteiger partial charge < -0.3 is 19.5 Å². The van der Waals surface area contributed by atoms with Crippen molar-refractivity contribution in [3.8, 4) is 5.75 Å². The fraction of sp³-hybridized carbons (Fsp3) is 0.737. The smallest absolute Gasteiger partial charge is 0.144 e. The van der Waals surface area contributed by atoms with Crippen molar-refractivity contribution in [2.45, 2.75) is 51.5 Å². The number of morpholine rings is 1. The summed E-state index contributed by atoms with van der Waals surface area (Å²) in [5.74, 6) is 0.337. The van der Waals surface area contributed by atoms with Gasteiger partial charge in [-0.15, -0.1) is 0 Å². The quantitative estimate of drug-likeness (QED) is 0.815. The van der Waals surface area contributed by atoms with Crippen LogP contribution >= 0.6 is 0 Å². The highest BCUT2D eigenvalue weighted by molar-refractivity contribution is 5.44. The van der Waals surface area contributed by atoms with Crippen LogP contribution in [0, 0.1) is 0 Å². The molecule has 2 aliphatic rings. The van der Waals surface area contributed by atoms with Gasteiger partial charge in [0.05, 0.1) is 31.6 Å². The minimum atomic E-state index is -0.0181. The second kappa shape index (κ2) is 8.45. The lowest BCUT2D eigenvalue weighted by Gasteiger charge is -2.27. The molecule has 0 aromatic carbocycles. The number of fused-ring (bicyclic) bond motifs is 1. The largest absolute Gasteiger partial charge is 0.506 e. The van der Waals surface area contributed by atoms with Crippen LogP contribution in [-0.4, -0.2) is 66.3 Å². The van der Waals surface area contributed by atoms with Crippen LogP contribution in [0.2, 0.25) is 0 Å². The molecule has 1 aromatic heterocycles. The van der Waals surface area contributed by atoms with E-state index in [1.54, 1.807) is 0 Å². The molecule has 0 bridgehead atoms. The molecular weight excluding hydrogens is 318 g/mol. The number of aromatic nitrogens is 1. The Kier molecular flexibility index (Phi) is 6.28. The monoisotopic (exact) mass is 349 g/mol. The molecule has 140 valence electrons. The molecule has 1 N–H and O–H groups in total. The van der Waals surface area contributed by atoms with Crippen LogP contribution in [0.15, 0.2) is 6.20 Å². The number of hydrogen-bond acceptors (Lipinski definition) is 6. The lowest BCUT2D eigenvalue weighted by atomic mass is 9.98. The summed E-state index contributed by atoms with van der Waals surface area (Å²) in [6.45, 7) is 6.72. The van der Waals surface area contributed by atoms with Crippen LogP contribution in [0.25, 0.3) is 0 Å². The third-order valence-corrected chi connectivity index (χ3v) is 5.45. The van der Waals surface area contributed by atoms with E-state index in [-0.39, 0.29) is 6.10 Å². The summed E-state index contributed by atoms with van der Waals surface area (Å²) >= 11 is 0. The Morgan fingerprint density at radius 2 is 2.12 bits per heavy atom. The topological polar surface area (TPSA) is 58.1 Å². The van der Waals surface area contributed by atoms with Crippen molar-refractivity contribution in [2.75, 3.05) is 40.4 Å². The molecule has 3 rings (SSSR count). The maximum Gasteiger partial charge on any atom is 0.144 e. The van der Waals surface area contributed by atoms with Crippen LogP contribution < -0.4 is 0 Å². The van der Waals surface area contributed by atoms with E-state index < -0.39 is 0 Å². The van der Waals surface area contributed by atoms with Crippen LogP contribution in [-0.2, 0) is 22.6 Å². The second-order valence-electron chi connectivity index (χ2n) is 7.28. The van der Waals surface area contributed by atoms with Gasteiger partial charge in [0.25, 0.3) is 0 Å². The third-order valence-electron chi connectivity index (χ3n) is 5.45. The summed E-state index contributed by atoms with van der Waals surface area (Å²) in [6.07, 6.45) is 4.98. The van der Waals surface area contributed by atoms with E-state index in [1.165, 1.54) is 0 Å². The zero-order valence-corrected chi connectivity index (χ0v) is 15.7. The minimum Gasteiger partial charge on any atom is -0.506 e.